The summed E-state index contributed by atoms with van der Waals surface area (Å²) in [4.78, 5) is 87.4. The van der Waals surface area contributed by atoms with Crippen molar-refractivity contribution < 1.29 is 44.1 Å². The van der Waals surface area contributed by atoms with Crippen LogP contribution >= 0.6 is 11.8 Å². The van der Waals surface area contributed by atoms with Crippen molar-refractivity contribution in [3.05, 3.63) is 106 Å². The minimum atomic E-state index is -1.27. The van der Waals surface area contributed by atoms with E-state index in [-0.39, 0.29) is 66.9 Å². The van der Waals surface area contributed by atoms with Crippen LogP contribution in [-0.2, 0) is 48.0 Å². The van der Waals surface area contributed by atoms with E-state index in [0.29, 0.717) is 6.42 Å². The Hall–Kier alpha value is -5.41. The summed E-state index contributed by atoms with van der Waals surface area (Å²) in [6.45, 7) is 12.2. The van der Waals surface area contributed by atoms with Gasteiger partial charge in [0, 0.05) is 36.8 Å². The molecule has 10 N–H and O–H groups in total. The van der Waals surface area contributed by atoms with Gasteiger partial charge in [0.15, 0.2) is 0 Å². The van der Waals surface area contributed by atoms with Gasteiger partial charge in [-0.3, -0.25) is 34.1 Å². The number of thioether (sulfide) groups is 1. The highest BCUT2D eigenvalue weighted by atomic mass is 32.2. The molecule has 6 amide bonds. The molecule has 6 rings (SSSR count). The van der Waals surface area contributed by atoms with Crippen LogP contribution in [0.25, 0.3) is 0 Å². The zero-order valence-electron chi connectivity index (χ0n) is 47.4. The molecule has 11 atom stereocenters. The van der Waals surface area contributed by atoms with E-state index in [4.69, 9.17) is 0 Å². The largest absolute Gasteiger partial charge is 0.394 e. The van der Waals surface area contributed by atoms with E-state index in [0.717, 1.165) is 72.5 Å². The molecule has 0 radical (unpaired) electrons. The minimum Gasteiger partial charge on any atom is -0.394 e. The molecular weight excluding hydrogens is 1010 g/mol. The fraction of sp³-hybridized carbons (Fsp3) is 0.593. The lowest BCUT2D eigenvalue weighted by atomic mass is 9.85. The van der Waals surface area contributed by atoms with Crippen molar-refractivity contribution in [2.24, 2.45) is 5.41 Å². The number of aliphatic hydroxyl groups is 3. The second-order valence-electron chi connectivity index (χ2n) is 23.2. The number of likely N-dealkylation sites (N-methyl/N-ethyl adjacent to an activating group) is 3. The number of nitrogens with zero attached hydrogens (tertiary/aromatic N) is 2. The molecule has 3 aliphatic rings. The normalized spacial score (nSPS) is 21.1. The summed E-state index contributed by atoms with van der Waals surface area (Å²) in [6, 6.07) is 18.5. The van der Waals surface area contributed by atoms with Crippen LogP contribution < -0.4 is 37.2 Å². The minimum absolute atomic E-state index is 0.0853. The van der Waals surface area contributed by atoms with E-state index >= 15 is 0 Å². The van der Waals surface area contributed by atoms with Gasteiger partial charge in [-0.2, -0.15) is 0 Å². The zero-order chi connectivity index (χ0) is 57.1. The summed E-state index contributed by atoms with van der Waals surface area (Å²) < 4.78 is -1.08. The Kier molecular flexibility index (Phi) is 21.9. The van der Waals surface area contributed by atoms with Crippen molar-refractivity contribution in [1.82, 2.24) is 47.0 Å². The number of hydrogen-bond acceptors (Lipinski definition) is 13. The number of rotatable bonds is 24. The number of likely N-dealkylation sites (tertiary alicyclic amines) is 1. The Bertz CT molecular complexity index is 2540. The maximum atomic E-state index is 14.9. The highest BCUT2D eigenvalue weighted by Gasteiger charge is 2.46. The molecule has 428 valence electrons. The van der Waals surface area contributed by atoms with E-state index < -0.39 is 77.2 Å². The third kappa shape index (κ3) is 15.9. The third-order valence-corrected chi connectivity index (χ3v) is 17.3. The first-order valence-corrected chi connectivity index (χ1v) is 28.7. The van der Waals surface area contributed by atoms with Crippen LogP contribution in [0.15, 0.2) is 72.8 Å². The van der Waals surface area contributed by atoms with Gasteiger partial charge in [0.25, 0.3) is 0 Å². The fourth-order valence-corrected chi connectivity index (χ4v) is 11.8. The van der Waals surface area contributed by atoms with Crippen molar-refractivity contribution in [2.75, 3.05) is 46.6 Å². The van der Waals surface area contributed by atoms with Crippen molar-refractivity contribution in [1.29, 1.82) is 0 Å². The Morgan fingerprint density at radius 3 is 1.86 bits per heavy atom. The number of hydrogen-bond donors (Lipinski definition) is 10. The number of benzene rings is 3. The predicted octanol–water partition coefficient (Wildman–Crippen LogP) is 3.13. The fourth-order valence-electron chi connectivity index (χ4n) is 10.8. The molecule has 1 fully saturated rings. The quantitative estimate of drug-likeness (QED) is 0.0580. The highest BCUT2D eigenvalue weighted by Crippen LogP contribution is 2.37. The summed E-state index contributed by atoms with van der Waals surface area (Å²) >= 11 is 1.16. The molecule has 18 nitrogen and oxygen atoms in total. The van der Waals surface area contributed by atoms with Gasteiger partial charge < -0.3 is 57.0 Å². The van der Waals surface area contributed by atoms with Crippen LogP contribution in [0, 0.1) is 5.41 Å². The molecule has 7 unspecified atom stereocenters. The topological polar surface area (TPSA) is 254 Å². The van der Waals surface area contributed by atoms with E-state index in [1.807, 2.05) is 75.4 Å². The number of aliphatic hydroxyl groups excluding tert-OH is 3. The molecular formula is C59H87N9O9S. The van der Waals surface area contributed by atoms with Gasteiger partial charge in [0.2, 0.25) is 35.4 Å². The van der Waals surface area contributed by atoms with Gasteiger partial charge in [-0.25, -0.2) is 0 Å². The first kappa shape index (κ1) is 61.8. The van der Waals surface area contributed by atoms with E-state index in [1.165, 1.54) is 23.1 Å². The monoisotopic (exact) mass is 1100 g/mol. The lowest BCUT2D eigenvalue weighted by Crippen LogP contribution is -2.62. The van der Waals surface area contributed by atoms with Crippen molar-refractivity contribution in [2.45, 2.75) is 171 Å². The van der Waals surface area contributed by atoms with Crippen LogP contribution in [0.4, 0.5) is 0 Å². The smallest absolute Gasteiger partial charge is 0.246 e. The van der Waals surface area contributed by atoms with Crippen LogP contribution in [0.2, 0.25) is 0 Å². The first-order chi connectivity index (χ1) is 37.0. The molecule has 3 aromatic rings. The number of carbonyl (C=O) groups excluding carboxylic acids is 6. The molecule has 0 aromatic heterocycles. The average Bonchev–Trinajstić information content (AvgIpc) is 3.91. The number of nitrogens with one attached hydrogen (secondary N) is 7. The summed E-state index contributed by atoms with van der Waals surface area (Å²) in [6.07, 6.45) is 3.31. The van der Waals surface area contributed by atoms with Crippen LogP contribution in [-0.4, -0.2) is 160 Å². The van der Waals surface area contributed by atoms with E-state index in [1.54, 1.807) is 46.7 Å². The average molecular weight is 1100 g/mol. The van der Waals surface area contributed by atoms with E-state index in [2.05, 4.69) is 55.4 Å². The van der Waals surface area contributed by atoms with Crippen LogP contribution in [0.1, 0.15) is 132 Å². The standard InChI is InChI=1S/C59H87N9O9S/c1-35(60-8)52(72)65-50(59(6,7)78-34-49(71)67(10)32-42(70)33-69)56(76)64-47(54(74)62-45-23-15-19-39-17-11-13-21-43(39)45)29-37-25-27-38(28-26-37)41-30-48(55(75)63-46-24-16-20-40-18-12-14-22-44(40)46)68(31-41)57(77)51(58(3,4)5)66-53(73)36(2)61-9/h11-14,17-18,21-22,25-28,35-36,41-42,45-48,50-51,54,60-62,69-70,74H,15-16,19-20,23-24,29-34H2,1-10H3,(H,63,75)(H,64,76)(H,65,72)(H,66,73)/t35-,36-,41?,42+,45?,46?,47?,48-,50?,51?,54?/m0/s1. The summed E-state index contributed by atoms with van der Waals surface area (Å²) in [5.74, 6) is -2.63. The Morgan fingerprint density at radius 2 is 1.29 bits per heavy atom. The second kappa shape index (κ2) is 27.6. The zero-order valence-corrected chi connectivity index (χ0v) is 48.2. The first-order valence-electron chi connectivity index (χ1n) is 27.7. The number of aryl methyl sites for hydroxylation is 2. The summed E-state index contributed by atoms with van der Waals surface area (Å²) in [7, 11) is 4.83. The second-order valence-corrected chi connectivity index (χ2v) is 24.8. The van der Waals surface area contributed by atoms with Crippen LogP contribution in [0.5, 0.6) is 0 Å². The molecule has 3 aromatic carbocycles. The van der Waals surface area contributed by atoms with Crippen molar-refractivity contribution in [3.63, 3.8) is 0 Å². The molecule has 0 bridgehead atoms. The molecule has 1 heterocycles. The molecule has 2 aliphatic carbocycles. The predicted molar refractivity (Wildman–Crippen MR) is 304 cm³/mol. The van der Waals surface area contributed by atoms with Gasteiger partial charge in [0.05, 0.1) is 42.6 Å². The Morgan fingerprint density at radius 1 is 0.744 bits per heavy atom. The van der Waals surface area contributed by atoms with E-state index in [9.17, 15) is 44.1 Å². The summed E-state index contributed by atoms with van der Waals surface area (Å²) in [5.41, 5.74) is 5.51. The molecule has 0 saturated carbocycles. The number of fused-ring (bicyclic) bond motifs is 2. The van der Waals surface area contributed by atoms with Gasteiger partial charge >= 0.3 is 0 Å². The molecule has 1 saturated heterocycles. The van der Waals surface area contributed by atoms with Gasteiger partial charge in [-0.1, -0.05) is 93.6 Å². The summed E-state index contributed by atoms with van der Waals surface area (Å²) in [5, 5.41) is 53.2. The van der Waals surface area contributed by atoms with Gasteiger partial charge in [-0.15, -0.1) is 11.8 Å². The number of amides is 6. The molecule has 19 heteroatoms. The lowest BCUT2D eigenvalue weighted by molar-refractivity contribution is -0.144. The third-order valence-electron chi connectivity index (χ3n) is 15.9. The molecule has 0 spiro atoms. The van der Waals surface area contributed by atoms with Crippen molar-refractivity contribution in [3.8, 4) is 0 Å². The van der Waals surface area contributed by atoms with Crippen LogP contribution in [0.3, 0.4) is 0 Å². The number of carbonyl (C=O) groups is 6. The Balaban J connectivity index is 1.29. The van der Waals surface area contributed by atoms with Crippen molar-refractivity contribution >= 4 is 47.2 Å². The Labute approximate surface area is 465 Å². The SMILES string of the molecule is CN[C@@H](C)C(=O)NC(C(=O)N1CC(c2ccc(CC(NC(=O)C(NC(=O)[C@H](C)NC)C(C)(C)SCC(=O)N(C)C[C@@H](O)CO)C(O)NC3CCCc4ccccc43)cc2)C[C@H]1C(=O)NC1CCCc2ccccc21)C(C)(C)C. The van der Waals surface area contributed by atoms with Gasteiger partial charge in [-0.05, 0) is 132 Å². The molecule has 1 aliphatic heterocycles. The molecule has 78 heavy (non-hydrogen) atoms. The van der Waals surface area contributed by atoms with Gasteiger partial charge in [0.1, 0.15) is 24.4 Å². The highest BCUT2D eigenvalue weighted by molar-refractivity contribution is 8.01. The lowest BCUT2D eigenvalue weighted by Gasteiger charge is -2.37. The maximum absolute atomic E-state index is 14.9. The maximum Gasteiger partial charge on any atom is 0.246 e.